The molecule has 0 aliphatic rings. The summed E-state index contributed by atoms with van der Waals surface area (Å²) in [5, 5.41) is 0.967. The van der Waals surface area contributed by atoms with Gasteiger partial charge in [-0.05, 0) is 24.3 Å². The minimum atomic E-state index is -0.655. The van der Waals surface area contributed by atoms with E-state index in [-0.39, 0.29) is 21.5 Å². The van der Waals surface area contributed by atoms with Crippen molar-refractivity contribution < 1.29 is 8.83 Å². The van der Waals surface area contributed by atoms with Gasteiger partial charge >= 0.3 is 22.5 Å². The molecule has 0 radical (unpaired) electrons. The van der Waals surface area contributed by atoms with Crippen LogP contribution in [0.2, 0.25) is 0 Å². The summed E-state index contributed by atoms with van der Waals surface area (Å²) in [5.41, 5.74) is -2.62. The van der Waals surface area contributed by atoms with Crippen LogP contribution in [-0.2, 0) is 0 Å². The first-order valence-corrected chi connectivity index (χ1v) is 8.39. The first kappa shape index (κ1) is 13.6. The summed E-state index contributed by atoms with van der Waals surface area (Å²) in [5.74, 6) is 0. The SMILES string of the molecule is O=c1oc(=O)c2cc3sc4cc5c(=O)oc(=O)c5cc4sc3cc12. The Morgan fingerprint density at radius 3 is 1.00 bits per heavy atom. The highest BCUT2D eigenvalue weighted by Crippen LogP contribution is 2.35. The zero-order chi connectivity index (χ0) is 16.6. The highest BCUT2D eigenvalue weighted by atomic mass is 32.1. The fourth-order valence-electron chi connectivity index (χ4n) is 2.74. The predicted octanol–water partition coefficient (Wildman–Crippen LogP) is 2.49. The highest BCUT2D eigenvalue weighted by Gasteiger charge is 2.14. The van der Waals surface area contributed by atoms with E-state index in [4.69, 9.17) is 0 Å². The van der Waals surface area contributed by atoms with Crippen LogP contribution in [0.15, 0.2) is 52.3 Å². The van der Waals surface area contributed by atoms with Crippen LogP contribution in [0.3, 0.4) is 0 Å². The summed E-state index contributed by atoms with van der Waals surface area (Å²) in [6.07, 6.45) is 0. The smallest absolute Gasteiger partial charge is 0.346 e. The summed E-state index contributed by atoms with van der Waals surface area (Å²) in [6, 6.07) is 6.48. The van der Waals surface area contributed by atoms with E-state index >= 15 is 0 Å². The van der Waals surface area contributed by atoms with Crippen LogP contribution in [0, 0.1) is 0 Å². The van der Waals surface area contributed by atoms with Crippen LogP contribution in [0.1, 0.15) is 0 Å². The van der Waals surface area contributed by atoms with Gasteiger partial charge in [0.05, 0.1) is 21.5 Å². The van der Waals surface area contributed by atoms with Crippen LogP contribution in [0.25, 0.3) is 40.3 Å². The van der Waals surface area contributed by atoms with Gasteiger partial charge in [0.25, 0.3) is 0 Å². The molecule has 5 rings (SSSR count). The second kappa shape index (κ2) is 4.37. The van der Waals surface area contributed by atoms with Gasteiger partial charge in [0.15, 0.2) is 0 Å². The topological polar surface area (TPSA) is 94.6 Å². The van der Waals surface area contributed by atoms with Crippen molar-refractivity contribution in [2.24, 2.45) is 0 Å². The zero-order valence-corrected chi connectivity index (χ0v) is 13.2. The predicted molar refractivity (Wildman–Crippen MR) is 93.0 cm³/mol. The van der Waals surface area contributed by atoms with E-state index in [9.17, 15) is 19.2 Å². The van der Waals surface area contributed by atoms with Gasteiger partial charge in [0.1, 0.15) is 0 Å². The summed E-state index contributed by atoms with van der Waals surface area (Å²) in [7, 11) is 0. The van der Waals surface area contributed by atoms with Crippen molar-refractivity contribution in [3.05, 3.63) is 65.9 Å². The van der Waals surface area contributed by atoms with Gasteiger partial charge in [-0.25, -0.2) is 19.2 Å². The lowest BCUT2D eigenvalue weighted by atomic mass is 10.2. The van der Waals surface area contributed by atoms with E-state index < -0.39 is 22.5 Å². The number of fused-ring (bicyclic) bond motifs is 4. The van der Waals surface area contributed by atoms with E-state index in [1.54, 1.807) is 24.3 Å². The second-order valence-corrected chi connectivity index (χ2v) is 7.41. The van der Waals surface area contributed by atoms with Crippen molar-refractivity contribution in [1.29, 1.82) is 0 Å². The third-order valence-corrected chi connectivity index (χ3v) is 6.35. The standard InChI is InChI=1S/C16H4O6S2/c17-13-5-1-9-10(2-6(5)14(18)21-13)24-12-4-8-7(3-11(12)23-9)15(19)22-16(8)20/h1-4H. The van der Waals surface area contributed by atoms with Crippen LogP contribution in [0.4, 0.5) is 0 Å². The van der Waals surface area contributed by atoms with Crippen LogP contribution in [0.5, 0.6) is 0 Å². The Balaban J connectivity index is 2.01. The molecule has 3 aromatic heterocycles. The molecule has 6 nitrogen and oxygen atoms in total. The Hall–Kier alpha value is -2.84. The van der Waals surface area contributed by atoms with Gasteiger partial charge in [-0.1, -0.05) is 0 Å². The molecule has 0 aliphatic heterocycles. The second-order valence-electron chi connectivity index (χ2n) is 5.25. The largest absolute Gasteiger partial charge is 0.386 e. The molecule has 0 saturated heterocycles. The van der Waals surface area contributed by atoms with Crippen LogP contribution < -0.4 is 22.5 Å². The van der Waals surface area contributed by atoms with E-state index in [2.05, 4.69) is 8.83 Å². The Kier molecular flexibility index (Phi) is 2.47. The Morgan fingerprint density at radius 1 is 0.500 bits per heavy atom. The van der Waals surface area contributed by atoms with E-state index in [1.807, 2.05) is 0 Å². The molecule has 0 fully saturated rings. The molecule has 0 spiro atoms. The number of hydrogen-bond acceptors (Lipinski definition) is 8. The molecule has 0 unspecified atom stereocenters. The van der Waals surface area contributed by atoms with Crippen molar-refractivity contribution in [1.82, 2.24) is 0 Å². The molecular formula is C16H4O6S2. The molecule has 0 atom stereocenters. The first-order valence-electron chi connectivity index (χ1n) is 6.76. The number of benzene rings is 2. The summed E-state index contributed by atoms with van der Waals surface area (Å²) in [6.45, 7) is 0. The molecule has 0 aliphatic carbocycles. The Bertz CT molecular complexity index is 1310. The molecule has 0 bridgehead atoms. The molecular weight excluding hydrogens is 352 g/mol. The maximum Gasteiger partial charge on any atom is 0.346 e. The minimum Gasteiger partial charge on any atom is -0.386 e. The maximum atomic E-state index is 11.7. The van der Waals surface area contributed by atoms with Gasteiger partial charge in [0, 0.05) is 18.8 Å². The van der Waals surface area contributed by atoms with Gasteiger partial charge in [0.2, 0.25) is 0 Å². The van der Waals surface area contributed by atoms with Crippen molar-refractivity contribution in [2.45, 2.75) is 0 Å². The Labute approximate surface area is 138 Å². The summed E-state index contributed by atoms with van der Waals surface area (Å²) < 4.78 is 12.4. The van der Waals surface area contributed by atoms with Gasteiger partial charge in [-0.2, -0.15) is 0 Å². The van der Waals surface area contributed by atoms with Crippen molar-refractivity contribution in [3.63, 3.8) is 0 Å². The fourth-order valence-corrected chi connectivity index (χ4v) is 5.06. The monoisotopic (exact) mass is 356 g/mol. The maximum absolute atomic E-state index is 11.7. The first-order chi connectivity index (χ1) is 11.5. The van der Waals surface area contributed by atoms with E-state index in [0.717, 1.165) is 18.8 Å². The fraction of sp³-hybridized carbons (Fsp3) is 0. The number of hydrogen-bond donors (Lipinski definition) is 0. The summed E-state index contributed by atoms with van der Waals surface area (Å²) in [4.78, 5) is 46.7. The normalized spacial score (nSPS) is 12.0. The third kappa shape index (κ3) is 1.69. The minimum absolute atomic E-state index is 0.242. The molecule has 0 amide bonds. The lowest BCUT2D eigenvalue weighted by Crippen LogP contribution is -1.94. The third-order valence-electron chi connectivity index (χ3n) is 3.86. The molecule has 0 N–H and O–H groups in total. The molecule has 2 aromatic carbocycles. The number of furan rings is 2. The molecule has 116 valence electrons. The quantitative estimate of drug-likeness (QED) is 0.396. The average molecular weight is 356 g/mol. The van der Waals surface area contributed by atoms with Crippen LogP contribution >= 0.6 is 22.7 Å². The van der Waals surface area contributed by atoms with Gasteiger partial charge < -0.3 is 8.83 Å². The molecule has 5 aromatic rings. The van der Waals surface area contributed by atoms with Crippen molar-refractivity contribution in [3.8, 4) is 0 Å². The van der Waals surface area contributed by atoms with E-state index in [1.165, 1.54) is 22.7 Å². The lowest BCUT2D eigenvalue weighted by Gasteiger charge is -2.01. The molecule has 3 heterocycles. The van der Waals surface area contributed by atoms with Crippen molar-refractivity contribution in [2.75, 3.05) is 0 Å². The van der Waals surface area contributed by atoms with Crippen LogP contribution in [-0.4, -0.2) is 0 Å². The molecule has 8 heteroatoms. The summed E-state index contributed by atoms with van der Waals surface area (Å²) >= 11 is 2.72. The zero-order valence-electron chi connectivity index (χ0n) is 11.6. The van der Waals surface area contributed by atoms with Gasteiger partial charge in [-0.3, -0.25) is 0 Å². The molecule has 24 heavy (non-hydrogen) atoms. The number of rotatable bonds is 0. The molecule has 0 saturated carbocycles. The average Bonchev–Trinajstić information content (AvgIpc) is 2.98. The Morgan fingerprint density at radius 2 is 0.750 bits per heavy atom. The lowest BCUT2D eigenvalue weighted by molar-refractivity contribution is 0.499. The van der Waals surface area contributed by atoms with E-state index in [0.29, 0.717) is 0 Å². The van der Waals surface area contributed by atoms with Gasteiger partial charge in [-0.15, -0.1) is 22.7 Å². The highest BCUT2D eigenvalue weighted by molar-refractivity contribution is 7.36. The van der Waals surface area contributed by atoms with Crippen molar-refractivity contribution >= 4 is 63.0 Å².